The molecule has 1 amide bonds. The van der Waals surface area contributed by atoms with E-state index >= 15 is 0 Å². The summed E-state index contributed by atoms with van der Waals surface area (Å²) in [6, 6.07) is 15.3. The van der Waals surface area contributed by atoms with E-state index in [1.54, 1.807) is 36.8 Å². The molecule has 2 aromatic carbocycles. The molecule has 4 rings (SSSR count). The molecule has 0 saturated carbocycles. The van der Waals surface area contributed by atoms with E-state index in [1.165, 1.54) is 18.2 Å². The number of aromatic nitrogens is 3. The predicted octanol–water partition coefficient (Wildman–Crippen LogP) is 5.04. The number of pyridine rings is 1. The number of sulfone groups is 1. The topological polar surface area (TPSA) is 123 Å². The first kappa shape index (κ1) is 25.8. The van der Waals surface area contributed by atoms with Gasteiger partial charge in [-0.05, 0) is 67.4 Å². The van der Waals surface area contributed by atoms with Gasteiger partial charge in [-0.2, -0.15) is 0 Å². The number of carbonyl (C=O) groups excluding carboxylic acids is 1. The zero-order valence-electron chi connectivity index (χ0n) is 20.7. The van der Waals surface area contributed by atoms with Crippen molar-refractivity contribution in [2.24, 2.45) is 0 Å². The quantitative estimate of drug-likeness (QED) is 0.317. The minimum Gasteiger partial charge on any atom is -0.492 e. The fourth-order valence-electron chi connectivity index (χ4n) is 3.53. The van der Waals surface area contributed by atoms with Crippen LogP contribution in [0.4, 0.5) is 17.3 Å². The SMILES string of the molecule is CCCOc1cc(C(=O)Nc2ccc(C)c(Nc3nccc(-c4cccnc4)n3)c2)ccc1S(C)(=O)=O. The van der Waals surface area contributed by atoms with Gasteiger partial charge in [0.1, 0.15) is 10.6 Å². The highest BCUT2D eigenvalue weighted by Gasteiger charge is 2.18. The van der Waals surface area contributed by atoms with E-state index in [4.69, 9.17) is 4.74 Å². The third-order valence-corrected chi connectivity index (χ3v) is 6.56. The molecule has 9 nitrogen and oxygen atoms in total. The largest absolute Gasteiger partial charge is 0.492 e. The second-order valence-electron chi connectivity index (χ2n) is 8.40. The summed E-state index contributed by atoms with van der Waals surface area (Å²) >= 11 is 0. The van der Waals surface area contributed by atoms with E-state index in [0.29, 0.717) is 24.7 Å². The molecule has 0 bridgehead atoms. The maximum Gasteiger partial charge on any atom is 0.255 e. The normalized spacial score (nSPS) is 11.1. The Balaban J connectivity index is 1.55. The summed E-state index contributed by atoms with van der Waals surface area (Å²) in [6.45, 7) is 4.19. The molecule has 2 aromatic heterocycles. The van der Waals surface area contributed by atoms with E-state index in [1.807, 2.05) is 32.0 Å². The van der Waals surface area contributed by atoms with Gasteiger partial charge in [0.05, 0.1) is 12.3 Å². The smallest absolute Gasteiger partial charge is 0.255 e. The lowest BCUT2D eigenvalue weighted by atomic mass is 10.1. The highest BCUT2D eigenvalue weighted by Crippen LogP contribution is 2.28. The van der Waals surface area contributed by atoms with Crippen LogP contribution < -0.4 is 15.4 Å². The van der Waals surface area contributed by atoms with Crippen LogP contribution in [0.3, 0.4) is 0 Å². The number of carbonyl (C=O) groups is 1. The van der Waals surface area contributed by atoms with Crippen molar-refractivity contribution >= 4 is 33.1 Å². The molecule has 10 heteroatoms. The van der Waals surface area contributed by atoms with Crippen LogP contribution in [0, 0.1) is 6.92 Å². The number of nitrogens with zero attached hydrogens (tertiary/aromatic N) is 3. The molecule has 2 heterocycles. The Hall–Kier alpha value is -4.31. The van der Waals surface area contributed by atoms with Gasteiger partial charge in [0.2, 0.25) is 5.95 Å². The predicted molar refractivity (Wildman–Crippen MR) is 143 cm³/mol. The Morgan fingerprint density at radius 1 is 1.05 bits per heavy atom. The van der Waals surface area contributed by atoms with Gasteiger partial charge < -0.3 is 15.4 Å². The van der Waals surface area contributed by atoms with E-state index in [0.717, 1.165) is 28.8 Å². The molecular weight excluding hydrogens is 490 g/mol. The van der Waals surface area contributed by atoms with Crippen molar-refractivity contribution in [3.63, 3.8) is 0 Å². The van der Waals surface area contributed by atoms with Crippen molar-refractivity contribution in [2.45, 2.75) is 25.2 Å². The molecule has 0 aliphatic carbocycles. The van der Waals surface area contributed by atoms with E-state index in [2.05, 4.69) is 25.6 Å². The molecule has 0 spiro atoms. The summed E-state index contributed by atoms with van der Waals surface area (Å²) in [4.78, 5) is 26.0. The van der Waals surface area contributed by atoms with Crippen molar-refractivity contribution in [1.82, 2.24) is 15.0 Å². The fraction of sp³-hybridized carbons (Fsp3) is 0.185. The average Bonchev–Trinajstić information content (AvgIpc) is 2.89. The number of amides is 1. The summed E-state index contributed by atoms with van der Waals surface area (Å²) in [5.41, 5.74) is 4.08. The number of benzene rings is 2. The zero-order chi connectivity index (χ0) is 26.4. The van der Waals surface area contributed by atoms with E-state index < -0.39 is 15.7 Å². The molecule has 0 saturated heterocycles. The molecule has 0 unspecified atom stereocenters. The number of rotatable bonds is 9. The Labute approximate surface area is 215 Å². The lowest BCUT2D eigenvalue weighted by molar-refractivity contribution is 0.102. The lowest BCUT2D eigenvalue weighted by Gasteiger charge is -2.14. The molecule has 0 radical (unpaired) electrons. The zero-order valence-corrected chi connectivity index (χ0v) is 21.5. The summed E-state index contributed by atoms with van der Waals surface area (Å²) in [5, 5.41) is 6.07. The first-order valence-corrected chi connectivity index (χ1v) is 13.5. The molecule has 190 valence electrons. The molecule has 4 aromatic rings. The second-order valence-corrected chi connectivity index (χ2v) is 10.4. The van der Waals surface area contributed by atoms with Crippen LogP contribution in [0.1, 0.15) is 29.3 Å². The number of hydrogen-bond acceptors (Lipinski definition) is 8. The maximum absolute atomic E-state index is 13.0. The number of nitrogens with one attached hydrogen (secondary N) is 2. The highest BCUT2D eigenvalue weighted by molar-refractivity contribution is 7.90. The van der Waals surface area contributed by atoms with Gasteiger partial charge in [-0.3, -0.25) is 9.78 Å². The summed E-state index contributed by atoms with van der Waals surface area (Å²) in [6.07, 6.45) is 6.91. The van der Waals surface area contributed by atoms with Crippen molar-refractivity contribution in [1.29, 1.82) is 0 Å². The van der Waals surface area contributed by atoms with Gasteiger partial charge >= 0.3 is 0 Å². The molecule has 2 N–H and O–H groups in total. The summed E-state index contributed by atoms with van der Waals surface area (Å²) in [5.74, 6) is 0.168. The van der Waals surface area contributed by atoms with Gasteiger partial charge in [0, 0.05) is 47.3 Å². The van der Waals surface area contributed by atoms with Gasteiger partial charge in [-0.25, -0.2) is 18.4 Å². The number of ether oxygens (including phenoxy) is 1. The Morgan fingerprint density at radius 3 is 2.62 bits per heavy atom. The third kappa shape index (κ3) is 6.47. The average molecular weight is 518 g/mol. The number of aryl methyl sites for hydroxylation is 1. The lowest BCUT2D eigenvalue weighted by Crippen LogP contribution is -2.13. The minimum absolute atomic E-state index is 0.0489. The second kappa shape index (κ2) is 11.2. The van der Waals surface area contributed by atoms with E-state index in [9.17, 15) is 13.2 Å². The van der Waals surface area contributed by atoms with Gasteiger partial charge in [0.15, 0.2) is 9.84 Å². The van der Waals surface area contributed by atoms with Crippen LogP contribution in [0.5, 0.6) is 5.75 Å². The van der Waals surface area contributed by atoms with Crippen LogP contribution in [0.25, 0.3) is 11.3 Å². The molecule has 37 heavy (non-hydrogen) atoms. The van der Waals surface area contributed by atoms with Gasteiger partial charge in [-0.1, -0.05) is 13.0 Å². The van der Waals surface area contributed by atoms with Crippen molar-refractivity contribution < 1.29 is 17.9 Å². The minimum atomic E-state index is -3.51. The maximum atomic E-state index is 13.0. The monoisotopic (exact) mass is 517 g/mol. The van der Waals surface area contributed by atoms with Crippen LogP contribution in [-0.4, -0.2) is 42.1 Å². The molecule has 0 atom stereocenters. The van der Waals surface area contributed by atoms with Gasteiger partial charge in [0.25, 0.3) is 5.91 Å². The molecule has 0 aliphatic heterocycles. The summed E-state index contributed by atoms with van der Waals surface area (Å²) in [7, 11) is -3.51. The van der Waals surface area contributed by atoms with Crippen LogP contribution >= 0.6 is 0 Å². The molecule has 0 fully saturated rings. The number of hydrogen-bond donors (Lipinski definition) is 2. The molecular formula is C27H27N5O4S. The van der Waals surface area contributed by atoms with E-state index in [-0.39, 0.29) is 16.2 Å². The first-order chi connectivity index (χ1) is 17.7. The van der Waals surface area contributed by atoms with Crippen molar-refractivity contribution in [2.75, 3.05) is 23.5 Å². The highest BCUT2D eigenvalue weighted by atomic mass is 32.2. The number of anilines is 3. The summed E-state index contributed by atoms with van der Waals surface area (Å²) < 4.78 is 29.8. The fourth-order valence-corrected chi connectivity index (χ4v) is 4.33. The van der Waals surface area contributed by atoms with Crippen LogP contribution in [0.15, 0.2) is 78.1 Å². The Kier molecular flexibility index (Phi) is 7.78. The van der Waals surface area contributed by atoms with Crippen molar-refractivity contribution in [3.8, 4) is 17.0 Å². The Bertz CT molecular complexity index is 1530. The van der Waals surface area contributed by atoms with Crippen molar-refractivity contribution in [3.05, 3.63) is 84.3 Å². The standard InChI is InChI=1S/C27H27N5O4S/c1-4-14-36-24-15-19(8-10-25(24)37(3,34)35)26(33)30-21-9-7-18(2)23(16-21)32-27-29-13-11-22(31-27)20-6-5-12-28-17-20/h5-13,15-17H,4,14H2,1-3H3,(H,30,33)(H,29,31,32). The van der Waals surface area contributed by atoms with Crippen LogP contribution in [-0.2, 0) is 9.84 Å². The third-order valence-electron chi connectivity index (χ3n) is 5.42. The first-order valence-electron chi connectivity index (χ1n) is 11.6. The van der Waals surface area contributed by atoms with Gasteiger partial charge in [-0.15, -0.1) is 0 Å². The Morgan fingerprint density at radius 2 is 1.89 bits per heavy atom. The molecule has 0 aliphatic rings. The van der Waals surface area contributed by atoms with Crippen LogP contribution in [0.2, 0.25) is 0 Å².